The lowest BCUT2D eigenvalue weighted by Gasteiger charge is -2.38. The quantitative estimate of drug-likeness (QED) is 0.207. The number of rotatable bonds is 5. The van der Waals surface area contributed by atoms with Crippen LogP contribution in [0.5, 0.6) is 0 Å². The Bertz CT molecular complexity index is 1800. The van der Waals surface area contributed by atoms with Crippen molar-refractivity contribution in [2.45, 2.75) is 109 Å². The summed E-state index contributed by atoms with van der Waals surface area (Å²) in [6.45, 7) is 10.8. The van der Waals surface area contributed by atoms with Crippen molar-refractivity contribution in [1.29, 1.82) is 0 Å². The zero-order valence-electron chi connectivity index (χ0n) is 29.4. The van der Waals surface area contributed by atoms with Gasteiger partial charge in [0.25, 0.3) is 0 Å². The minimum absolute atomic E-state index is 0.0764. The van der Waals surface area contributed by atoms with Gasteiger partial charge < -0.3 is 4.90 Å². The van der Waals surface area contributed by atoms with Gasteiger partial charge in [0.15, 0.2) is 0 Å². The van der Waals surface area contributed by atoms with Crippen molar-refractivity contribution >= 4 is 17.3 Å². The molecule has 1 aliphatic heterocycles. The Hall–Kier alpha value is -3.64. The van der Waals surface area contributed by atoms with Crippen LogP contribution in [0.3, 0.4) is 0 Å². The van der Waals surface area contributed by atoms with Gasteiger partial charge in [-0.05, 0) is 96.9 Å². The van der Waals surface area contributed by atoms with E-state index in [-0.39, 0.29) is 46.2 Å². The van der Waals surface area contributed by atoms with Gasteiger partial charge >= 0.3 is 0 Å². The molecule has 1 heterocycles. The van der Waals surface area contributed by atoms with E-state index in [1.54, 1.807) is 0 Å². The Morgan fingerprint density at radius 1 is 0.729 bits per heavy atom. The standard InChI is InChI=1S/C45H51NO2/c1-44(2)37-18-12-11-17-32(37)33-23-25-38-41(40(33)44)45(3,4)39(46(38)28-31-15-9-6-10-16-31)26-24-35-42(47)34-22-21-30(27-36(34)43(35)48)20-19-29-13-7-5-8-14-29/h5,7-8,11-14,17-18,23,25,30-31,34-36,39H,6,9-10,15-16,21-22,24,26-28H2,1-4H3. The first-order valence-electron chi connectivity index (χ1n) is 18.8. The van der Waals surface area contributed by atoms with Gasteiger partial charge in [0.05, 0.1) is 5.92 Å². The van der Waals surface area contributed by atoms with Crippen LogP contribution in [0, 0.1) is 41.4 Å². The first kappa shape index (κ1) is 31.6. The highest BCUT2D eigenvalue weighted by atomic mass is 16.2. The van der Waals surface area contributed by atoms with E-state index in [1.165, 1.54) is 65.6 Å². The molecular weight excluding hydrogens is 587 g/mol. The Balaban J connectivity index is 1.07. The van der Waals surface area contributed by atoms with Crippen LogP contribution in [-0.2, 0) is 20.4 Å². The molecule has 3 aromatic rings. The van der Waals surface area contributed by atoms with Crippen molar-refractivity contribution < 1.29 is 9.59 Å². The lowest BCUT2D eigenvalue weighted by atomic mass is 9.70. The van der Waals surface area contributed by atoms with Crippen LogP contribution in [0.2, 0.25) is 0 Å². The summed E-state index contributed by atoms with van der Waals surface area (Å²) in [5.41, 5.74) is 9.39. The topological polar surface area (TPSA) is 37.4 Å². The van der Waals surface area contributed by atoms with Crippen molar-refractivity contribution in [1.82, 2.24) is 0 Å². The maximum absolute atomic E-state index is 14.0. The summed E-state index contributed by atoms with van der Waals surface area (Å²) in [4.78, 5) is 30.7. The van der Waals surface area contributed by atoms with Gasteiger partial charge in [-0.15, -0.1) is 0 Å². The average Bonchev–Trinajstić information content (AvgIpc) is 3.57. The fourth-order valence-corrected chi connectivity index (χ4v) is 10.8. The van der Waals surface area contributed by atoms with Crippen molar-refractivity contribution in [3.05, 3.63) is 89.0 Å². The highest BCUT2D eigenvalue weighted by Gasteiger charge is 2.54. The van der Waals surface area contributed by atoms with E-state index in [1.807, 2.05) is 30.3 Å². The predicted molar refractivity (Wildman–Crippen MR) is 195 cm³/mol. The zero-order valence-corrected chi connectivity index (χ0v) is 29.4. The van der Waals surface area contributed by atoms with Gasteiger partial charge in [-0.3, -0.25) is 9.59 Å². The Morgan fingerprint density at radius 2 is 1.46 bits per heavy atom. The minimum Gasteiger partial charge on any atom is -0.367 e. The molecule has 0 spiro atoms. The number of carbonyl (C=O) groups excluding carboxylic acids is 2. The third kappa shape index (κ3) is 5.09. The smallest absolute Gasteiger partial charge is 0.147 e. The molecule has 0 saturated heterocycles. The number of Topliss-reactive ketones (excluding diaryl/α,β-unsaturated/α-hetero) is 2. The highest BCUT2D eigenvalue weighted by Crippen LogP contribution is 2.59. The van der Waals surface area contributed by atoms with Gasteiger partial charge in [-0.25, -0.2) is 0 Å². The van der Waals surface area contributed by atoms with Crippen LogP contribution in [0.1, 0.15) is 114 Å². The Kier molecular flexibility index (Phi) is 7.94. The van der Waals surface area contributed by atoms with Crippen LogP contribution in [0.25, 0.3) is 11.1 Å². The van der Waals surface area contributed by atoms with Crippen LogP contribution in [0.15, 0.2) is 66.7 Å². The number of nitrogens with zero attached hydrogens (tertiary/aromatic N) is 1. The fraction of sp³-hybridized carbons (Fsp3) is 0.511. The summed E-state index contributed by atoms with van der Waals surface area (Å²) in [5.74, 6) is 7.39. The van der Waals surface area contributed by atoms with E-state index in [9.17, 15) is 9.59 Å². The maximum Gasteiger partial charge on any atom is 0.147 e. The molecule has 0 aromatic heterocycles. The first-order chi connectivity index (χ1) is 23.2. The van der Waals surface area contributed by atoms with Gasteiger partial charge in [-0.2, -0.15) is 0 Å². The second kappa shape index (κ2) is 12.0. The Labute approximate surface area is 287 Å². The van der Waals surface area contributed by atoms with Crippen molar-refractivity contribution in [2.24, 2.45) is 29.6 Å². The maximum atomic E-state index is 14.0. The zero-order chi connectivity index (χ0) is 33.2. The van der Waals surface area contributed by atoms with Crippen LogP contribution in [0.4, 0.5) is 5.69 Å². The first-order valence-corrected chi connectivity index (χ1v) is 18.8. The molecule has 3 fully saturated rings. The van der Waals surface area contributed by atoms with Crippen molar-refractivity contribution in [2.75, 3.05) is 11.4 Å². The molecule has 3 aromatic carbocycles. The molecule has 0 radical (unpaired) electrons. The molecule has 3 heteroatoms. The number of benzene rings is 3. The van der Waals surface area contributed by atoms with Crippen LogP contribution in [-0.4, -0.2) is 24.2 Å². The number of fused-ring (bicyclic) bond motifs is 6. The summed E-state index contributed by atoms with van der Waals surface area (Å²) >= 11 is 0. The summed E-state index contributed by atoms with van der Waals surface area (Å²) in [6.07, 6.45) is 10.6. The molecule has 4 aliphatic carbocycles. The Morgan fingerprint density at radius 3 is 2.25 bits per heavy atom. The number of hydrogen-bond acceptors (Lipinski definition) is 3. The van der Waals surface area contributed by atoms with Crippen molar-refractivity contribution in [3.63, 3.8) is 0 Å². The second-order valence-corrected chi connectivity index (χ2v) is 16.7. The third-order valence-electron chi connectivity index (χ3n) is 13.2. The molecule has 5 atom stereocenters. The third-order valence-corrected chi connectivity index (χ3v) is 13.2. The monoisotopic (exact) mass is 637 g/mol. The molecule has 48 heavy (non-hydrogen) atoms. The molecule has 0 N–H and O–H groups in total. The van der Waals surface area contributed by atoms with Crippen molar-refractivity contribution in [3.8, 4) is 23.0 Å². The molecule has 0 bridgehead atoms. The summed E-state index contributed by atoms with van der Waals surface area (Å²) in [6, 6.07) is 24.1. The summed E-state index contributed by atoms with van der Waals surface area (Å²) < 4.78 is 0. The van der Waals surface area contributed by atoms with E-state index in [2.05, 4.69) is 80.8 Å². The molecule has 248 valence electrons. The largest absolute Gasteiger partial charge is 0.367 e. The second-order valence-electron chi connectivity index (χ2n) is 16.7. The van der Waals surface area contributed by atoms with Crippen LogP contribution >= 0.6 is 0 Å². The van der Waals surface area contributed by atoms with Crippen LogP contribution < -0.4 is 4.90 Å². The highest BCUT2D eigenvalue weighted by molar-refractivity contribution is 6.11. The molecule has 5 unspecified atom stereocenters. The number of ketones is 2. The normalized spacial score (nSPS) is 28.3. The fourth-order valence-electron chi connectivity index (χ4n) is 10.8. The molecule has 5 aliphatic rings. The van der Waals surface area contributed by atoms with Gasteiger partial charge in [-0.1, -0.05) is 107 Å². The van der Waals surface area contributed by atoms with E-state index in [0.717, 1.165) is 37.8 Å². The average molecular weight is 638 g/mol. The number of anilines is 1. The SMILES string of the molecule is CC1(C)c2ccccc2-c2ccc3c(c21)C(C)(C)C(CCC1C(=O)C2CCC(C#Cc4ccccc4)CC2C1=O)N3CC1CCCCC1. The molecule has 3 nitrogen and oxygen atoms in total. The lowest BCUT2D eigenvalue weighted by Crippen LogP contribution is -2.44. The van der Waals surface area contributed by atoms with Gasteiger partial charge in [0.1, 0.15) is 11.6 Å². The van der Waals surface area contributed by atoms with E-state index in [0.29, 0.717) is 12.3 Å². The number of hydrogen-bond donors (Lipinski definition) is 0. The van der Waals surface area contributed by atoms with E-state index < -0.39 is 5.92 Å². The molecule has 8 rings (SSSR count). The number of carbonyl (C=O) groups is 2. The summed E-state index contributed by atoms with van der Waals surface area (Å²) in [7, 11) is 0. The lowest BCUT2D eigenvalue weighted by molar-refractivity contribution is -0.128. The van der Waals surface area contributed by atoms with Gasteiger partial charge in [0, 0.05) is 52.4 Å². The molecule has 0 amide bonds. The summed E-state index contributed by atoms with van der Waals surface area (Å²) in [5, 5.41) is 0. The van der Waals surface area contributed by atoms with E-state index >= 15 is 0 Å². The molecular formula is C45H51NO2. The molecule has 3 saturated carbocycles. The minimum atomic E-state index is -0.455. The van der Waals surface area contributed by atoms with Gasteiger partial charge in [0.2, 0.25) is 0 Å². The van der Waals surface area contributed by atoms with E-state index in [4.69, 9.17) is 0 Å². The predicted octanol–water partition coefficient (Wildman–Crippen LogP) is 9.67.